The van der Waals surface area contributed by atoms with Crippen LogP contribution in [0.3, 0.4) is 0 Å². The summed E-state index contributed by atoms with van der Waals surface area (Å²) in [4.78, 5) is 22.9. The first-order chi connectivity index (χ1) is 10.6. The minimum atomic E-state index is -2.16. The van der Waals surface area contributed by atoms with Gasteiger partial charge in [-0.3, -0.25) is 0 Å². The summed E-state index contributed by atoms with van der Waals surface area (Å²) in [7, 11) is -2.16. The van der Waals surface area contributed by atoms with Crippen molar-refractivity contribution in [3.05, 3.63) is 0 Å². The molecule has 0 aromatic heterocycles. The molecule has 0 aliphatic carbocycles. The summed E-state index contributed by atoms with van der Waals surface area (Å²) >= 11 is 0. The van der Waals surface area contributed by atoms with E-state index in [0.29, 0.717) is 23.0 Å². The maximum Gasteiger partial charge on any atom is 0.201 e. The molecule has 1 rings (SSSR count). The zero-order valence-electron chi connectivity index (χ0n) is 15.5. The average Bonchev–Trinajstić information content (AvgIpc) is 2.83. The lowest BCUT2D eigenvalue weighted by atomic mass is 9.96. The molecule has 0 saturated carbocycles. The van der Waals surface area contributed by atoms with E-state index < -0.39 is 26.1 Å². The van der Waals surface area contributed by atoms with Crippen molar-refractivity contribution in [3.63, 3.8) is 0 Å². The van der Waals surface area contributed by atoms with Gasteiger partial charge in [0.05, 0.1) is 6.10 Å². The number of carbonyl (C=O) groups is 2. The van der Waals surface area contributed by atoms with Gasteiger partial charge >= 0.3 is 0 Å². The predicted octanol–water partition coefficient (Wildman–Crippen LogP) is 3.47. The van der Waals surface area contributed by atoms with Gasteiger partial charge in [0.1, 0.15) is 24.8 Å². The van der Waals surface area contributed by atoms with Gasteiger partial charge in [-0.15, -0.1) is 0 Å². The van der Waals surface area contributed by atoms with Crippen LogP contribution < -0.4 is 0 Å². The lowest BCUT2D eigenvalue weighted by Gasteiger charge is -2.44. The third-order valence-electron chi connectivity index (χ3n) is 5.17. The second kappa shape index (κ2) is 8.01. The highest BCUT2D eigenvalue weighted by Crippen LogP contribution is 2.43. The SMILES string of the molecule is CC(C)[Si](O[C@@H](C=O)C[C@@H]1OCO[C@]1(C)C=O)(C(C)C)C(C)C. The zero-order chi connectivity index (χ0) is 17.8. The van der Waals surface area contributed by atoms with Crippen molar-refractivity contribution in [1.82, 2.24) is 0 Å². The lowest BCUT2D eigenvalue weighted by Crippen LogP contribution is -2.52. The Balaban J connectivity index is 2.96. The Labute approximate surface area is 141 Å². The van der Waals surface area contributed by atoms with Gasteiger partial charge < -0.3 is 23.5 Å². The maximum atomic E-state index is 11.7. The van der Waals surface area contributed by atoms with Crippen LogP contribution >= 0.6 is 0 Å². The van der Waals surface area contributed by atoms with Crippen LogP contribution in [0.5, 0.6) is 0 Å². The molecule has 1 fully saturated rings. The Morgan fingerprint density at radius 1 is 1.13 bits per heavy atom. The summed E-state index contributed by atoms with van der Waals surface area (Å²) in [6.45, 7) is 14.8. The first-order valence-corrected chi connectivity index (χ1v) is 10.6. The summed E-state index contributed by atoms with van der Waals surface area (Å²) in [5.74, 6) is 0. The summed E-state index contributed by atoms with van der Waals surface area (Å²) in [6, 6.07) is 0. The number of rotatable bonds is 9. The van der Waals surface area contributed by atoms with Crippen LogP contribution in [0, 0.1) is 0 Å². The van der Waals surface area contributed by atoms with E-state index in [2.05, 4.69) is 41.5 Å². The van der Waals surface area contributed by atoms with Crippen molar-refractivity contribution in [1.29, 1.82) is 0 Å². The molecule has 0 aromatic carbocycles. The highest BCUT2D eigenvalue weighted by Gasteiger charge is 2.48. The van der Waals surface area contributed by atoms with Crippen molar-refractivity contribution in [2.45, 2.75) is 89.3 Å². The predicted molar refractivity (Wildman–Crippen MR) is 91.9 cm³/mol. The van der Waals surface area contributed by atoms with Crippen LogP contribution in [0.2, 0.25) is 16.6 Å². The second-order valence-electron chi connectivity index (χ2n) is 7.56. The summed E-state index contributed by atoms with van der Waals surface area (Å²) < 4.78 is 17.4. The van der Waals surface area contributed by atoms with Gasteiger partial charge in [-0.25, -0.2) is 0 Å². The topological polar surface area (TPSA) is 61.8 Å². The maximum absolute atomic E-state index is 11.7. The standard InChI is InChI=1S/C17H32O5Si/c1-12(2)23(13(3)4,14(5)6)22-15(9-18)8-16-17(7,10-19)21-11-20-16/h9-10,12-16H,8,11H2,1-7H3/t15-,16+,17-/m1/s1. The molecule has 0 amide bonds. The van der Waals surface area contributed by atoms with Crippen LogP contribution in [0.25, 0.3) is 0 Å². The molecule has 0 N–H and O–H groups in total. The molecule has 1 aliphatic heterocycles. The normalized spacial score (nSPS) is 27.0. The van der Waals surface area contributed by atoms with E-state index in [4.69, 9.17) is 13.9 Å². The second-order valence-corrected chi connectivity index (χ2v) is 13.0. The molecule has 1 heterocycles. The zero-order valence-corrected chi connectivity index (χ0v) is 16.5. The van der Waals surface area contributed by atoms with Crippen LogP contribution in [-0.4, -0.2) is 45.5 Å². The van der Waals surface area contributed by atoms with Crippen LogP contribution in [-0.2, 0) is 23.5 Å². The molecule has 0 spiro atoms. The third-order valence-corrected chi connectivity index (χ3v) is 11.3. The Morgan fingerprint density at radius 2 is 1.65 bits per heavy atom. The molecule has 3 atom stereocenters. The minimum absolute atomic E-state index is 0.0760. The quantitative estimate of drug-likeness (QED) is 0.473. The van der Waals surface area contributed by atoms with Crippen LogP contribution in [0.15, 0.2) is 0 Å². The minimum Gasteiger partial charge on any atom is -0.406 e. The number of hydrogen-bond donors (Lipinski definition) is 0. The van der Waals surface area contributed by atoms with E-state index in [0.717, 1.165) is 12.6 Å². The fraction of sp³-hybridized carbons (Fsp3) is 0.882. The highest BCUT2D eigenvalue weighted by molar-refractivity contribution is 6.77. The van der Waals surface area contributed by atoms with Gasteiger partial charge in [0.2, 0.25) is 8.32 Å². The molecule has 0 aromatic rings. The fourth-order valence-electron chi connectivity index (χ4n) is 3.93. The molecule has 6 heteroatoms. The molecule has 23 heavy (non-hydrogen) atoms. The van der Waals surface area contributed by atoms with Gasteiger partial charge in [-0.1, -0.05) is 41.5 Å². The van der Waals surface area contributed by atoms with Crippen molar-refractivity contribution < 1.29 is 23.5 Å². The van der Waals surface area contributed by atoms with Gasteiger partial charge in [-0.2, -0.15) is 0 Å². The average molecular weight is 345 g/mol. The van der Waals surface area contributed by atoms with Crippen LogP contribution in [0.1, 0.15) is 54.9 Å². The van der Waals surface area contributed by atoms with E-state index in [1.54, 1.807) is 6.92 Å². The lowest BCUT2D eigenvalue weighted by molar-refractivity contribution is -0.126. The van der Waals surface area contributed by atoms with Gasteiger partial charge in [0, 0.05) is 6.42 Å². The molecule has 0 unspecified atom stereocenters. The van der Waals surface area contributed by atoms with E-state index in [9.17, 15) is 9.59 Å². The molecule has 134 valence electrons. The molecule has 1 aliphatic rings. The van der Waals surface area contributed by atoms with Gasteiger partial charge in [0.15, 0.2) is 6.29 Å². The van der Waals surface area contributed by atoms with E-state index in [1.165, 1.54) is 0 Å². The Kier molecular flexibility index (Phi) is 7.13. The number of hydrogen-bond acceptors (Lipinski definition) is 5. The summed E-state index contributed by atoms with van der Waals surface area (Å²) in [5, 5.41) is 0. The van der Waals surface area contributed by atoms with Crippen molar-refractivity contribution in [2.75, 3.05) is 6.79 Å². The van der Waals surface area contributed by atoms with E-state index >= 15 is 0 Å². The van der Waals surface area contributed by atoms with Crippen molar-refractivity contribution >= 4 is 20.9 Å². The monoisotopic (exact) mass is 344 g/mol. The van der Waals surface area contributed by atoms with E-state index in [1.807, 2.05) is 0 Å². The number of aldehydes is 2. The van der Waals surface area contributed by atoms with Crippen LogP contribution in [0.4, 0.5) is 0 Å². The molecule has 0 bridgehead atoms. The largest absolute Gasteiger partial charge is 0.406 e. The number of carbonyl (C=O) groups excluding carboxylic acids is 2. The summed E-state index contributed by atoms with van der Waals surface area (Å²) in [5.41, 5.74) is 0.178. The Bertz CT molecular complexity index is 388. The molecular weight excluding hydrogens is 312 g/mol. The fourth-order valence-corrected chi connectivity index (χ4v) is 9.42. The highest BCUT2D eigenvalue weighted by atomic mass is 28.4. The summed E-state index contributed by atoms with van der Waals surface area (Å²) in [6.07, 6.45) is 0.930. The molecule has 0 radical (unpaired) electrons. The van der Waals surface area contributed by atoms with Crippen molar-refractivity contribution in [2.24, 2.45) is 0 Å². The van der Waals surface area contributed by atoms with Gasteiger partial charge in [0.25, 0.3) is 0 Å². The first kappa shape index (κ1) is 20.5. The third kappa shape index (κ3) is 4.10. The van der Waals surface area contributed by atoms with Crippen molar-refractivity contribution in [3.8, 4) is 0 Å². The molecule has 5 nitrogen and oxygen atoms in total. The molecule has 1 saturated heterocycles. The smallest absolute Gasteiger partial charge is 0.201 e. The van der Waals surface area contributed by atoms with Gasteiger partial charge in [-0.05, 0) is 23.5 Å². The molecular formula is C17H32O5Si. The first-order valence-electron chi connectivity index (χ1n) is 8.49. The van der Waals surface area contributed by atoms with E-state index in [-0.39, 0.29) is 6.79 Å². The Morgan fingerprint density at radius 3 is 2.04 bits per heavy atom. The Hall–Kier alpha value is -0.563. The number of ether oxygens (including phenoxy) is 2.